The van der Waals surface area contributed by atoms with Crippen molar-refractivity contribution in [3.63, 3.8) is 0 Å². The maximum atomic E-state index is 6.05. The summed E-state index contributed by atoms with van der Waals surface area (Å²) in [5.41, 5.74) is 4.37. The molecule has 3 heteroatoms. The summed E-state index contributed by atoms with van der Waals surface area (Å²) in [6, 6.07) is 32.5. The third kappa shape index (κ3) is 2.06. The quantitative estimate of drug-likeness (QED) is 0.256. The second-order valence-electron chi connectivity index (χ2n) is 7.41. The molecule has 0 fully saturated rings. The monoisotopic (exact) mass is 437 g/mol. The number of hydrogen-bond donors (Lipinski definition) is 0. The van der Waals surface area contributed by atoms with Gasteiger partial charge in [-0.2, -0.15) is 0 Å². The van der Waals surface area contributed by atoms with Gasteiger partial charge in [0.1, 0.15) is 0 Å². The van der Waals surface area contributed by atoms with E-state index in [1.807, 2.05) is 12.1 Å². The van der Waals surface area contributed by atoms with Gasteiger partial charge in [-0.15, -0.1) is 0 Å². The molecule has 29 heavy (non-hydrogen) atoms. The Bertz CT molecular complexity index is 1710. The first-order valence-corrected chi connectivity index (χ1v) is 11.4. The Morgan fingerprint density at radius 2 is 1.34 bits per heavy atom. The number of nitrogens with zero attached hydrogens (tertiary/aromatic N) is 1. The standard InChI is InChI=1S/C26H15NOSe/c1-4-10-21-18(8-1)25-19-9-3-6-12-24(19)29-26(25)27(21)16-13-14-23-20(15-16)17-7-2-5-11-22(17)28-23/h1-15H. The molecule has 0 radical (unpaired) electrons. The Balaban J connectivity index is 1.65. The number of hydrogen-bond acceptors (Lipinski definition) is 1. The Kier molecular flexibility index (Phi) is 3.04. The van der Waals surface area contributed by atoms with E-state index in [9.17, 15) is 0 Å². The molecule has 0 amide bonds. The van der Waals surface area contributed by atoms with Crippen LogP contribution in [0.1, 0.15) is 0 Å². The van der Waals surface area contributed by atoms with Crippen molar-refractivity contribution in [2.24, 2.45) is 0 Å². The van der Waals surface area contributed by atoms with E-state index in [0.29, 0.717) is 14.5 Å². The van der Waals surface area contributed by atoms with E-state index < -0.39 is 0 Å². The Morgan fingerprint density at radius 1 is 0.621 bits per heavy atom. The molecule has 2 nitrogen and oxygen atoms in total. The van der Waals surface area contributed by atoms with Gasteiger partial charge in [-0.1, -0.05) is 0 Å². The van der Waals surface area contributed by atoms with Crippen LogP contribution in [0.4, 0.5) is 0 Å². The molecule has 0 aliphatic carbocycles. The van der Waals surface area contributed by atoms with Crippen molar-refractivity contribution in [3.05, 3.63) is 91.0 Å². The number of para-hydroxylation sites is 2. The summed E-state index contributed by atoms with van der Waals surface area (Å²) in [5, 5.41) is 6.49. The van der Waals surface area contributed by atoms with E-state index in [4.69, 9.17) is 4.42 Å². The van der Waals surface area contributed by atoms with Crippen LogP contribution in [-0.2, 0) is 0 Å². The average molecular weight is 436 g/mol. The summed E-state index contributed by atoms with van der Waals surface area (Å²) in [6.45, 7) is 0. The molecule has 0 spiro atoms. The van der Waals surface area contributed by atoms with E-state index in [2.05, 4.69) is 83.4 Å². The minimum atomic E-state index is 0.290. The van der Waals surface area contributed by atoms with Gasteiger partial charge < -0.3 is 0 Å². The third-order valence-corrected chi connectivity index (χ3v) is 8.24. The van der Waals surface area contributed by atoms with Crippen LogP contribution in [0.5, 0.6) is 0 Å². The van der Waals surface area contributed by atoms with Crippen LogP contribution >= 0.6 is 0 Å². The molecule has 7 aromatic rings. The van der Waals surface area contributed by atoms with Crippen molar-refractivity contribution < 1.29 is 4.42 Å². The van der Waals surface area contributed by atoms with Gasteiger partial charge in [0.15, 0.2) is 0 Å². The molecule has 0 atom stereocenters. The van der Waals surface area contributed by atoms with Gasteiger partial charge in [-0.25, -0.2) is 0 Å². The fraction of sp³-hybridized carbons (Fsp3) is 0. The Morgan fingerprint density at radius 3 is 2.28 bits per heavy atom. The predicted octanol–water partition coefficient (Wildman–Crippen LogP) is 6.89. The minimum absolute atomic E-state index is 0.290. The van der Waals surface area contributed by atoms with E-state index in [1.165, 1.54) is 46.8 Å². The predicted molar refractivity (Wildman–Crippen MR) is 123 cm³/mol. The van der Waals surface area contributed by atoms with Crippen LogP contribution < -0.4 is 0 Å². The zero-order valence-corrected chi connectivity index (χ0v) is 17.1. The molecular weight excluding hydrogens is 421 g/mol. The Labute approximate surface area is 172 Å². The molecule has 136 valence electrons. The summed E-state index contributed by atoms with van der Waals surface area (Å²) in [4.78, 5) is 0. The molecule has 0 bridgehead atoms. The first kappa shape index (κ1) is 15.6. The van der Waals surface area contributed by atoms with Gasteiger partial charge >= 0.3 is 172 Å². The van der Waals surface area contributed by atoms with Gasteiger partial charge in [0.05, 0.1) is 0 Å². The van der Waals surface area contributed by atoms with Crippen LogP contribution in [0.3, 0.4) is 0 Å². The van der Waals surface area contributed by atoms with Gasteiger partial charge in [-0.3, -0.25) is 0 Å². The van der Waals surface area contributed by atoms with Gasteiger partial charge in [0.2, 0.25) is 0 Å². The molecule has 0 N–H and O–H groups in total. The summed E-state index contributed by atoms with van der Waals surface area (Å²) >= 11 is 0.290. The zero-order valence-electron chi connectivity index (χ0n) is 15.4. The summed E-state index contributed by atoms with van der Waals surface area (Å²) in [5.74, 6) is 0. The number of fused-ring (bicyclic) bond motifs is 8. The van der Waals surface area contributed by atoms with Crippen LogP contribution in [-0.4, -0.2) is 19.1 Å². The Hall–Kier alpha value is -3.26. The SMILES string of the molecule is c1ccc2c(c1)oc1ccc(-n3c4ccccc4c4c5ccccc5[se]c43)cc12. The molecule has 0 aliphatic rings. The second-order valence-corrected chi connectivity index (χ2v) is 9.57. The molecule has 3 heterocycles. The first-order chi connectivity index (χ1) is 14.4. The zero-order chi connectivity index (χ0) is 18.9. The van der Waals surface area contributed by atoms with Gasteiger partial charge in [0.25, 0.3) is 0 Å². The van der Waals surface area contributed by atoms with Crippen LogP contribution in [0.15, 0.2) is 95.4 Å². The first-order valence-electron chi connectivity index (χ1n) is 9.71. The molecule has 0 saturated heterocycles. The van der Waals surface area contributed by atoms with Crippen molar-refractivity contribution in [1.82, 2.24) is 4.57 Å². The maximum absolute atomic E-state index is 6.05. The van der Waals surface area contributed by atoms with Crippen molar-refractivity contribution in [2.75, 3.05) is 0 Å². The van der Waals surface area contributed by atoms with Crippen LogP contribution in [0, 0.1) is 0 Å². The van der Waals surface area contributed by atoms with Crippen LogP contribution in [0.2, 0.25) is 0 Å². The number of aromatic nitrogens is 1. The van der Waals surface area contributed by atoms with Crippen molar-refractivity contribution in [2.45, 2.75) is 0 Å². The van der Waals surface area contributed by atoms with Gasteiger partial charge in [0, 0.05) is 0 Å². The van der Waals surface area contributed by atoms with E-state index in [1.54, 1.807) is 0 Å². The molecular formula is C26H15NOSe. The van der Waals surface area contributed by atoms with E-state index >= 15 is 0 Å². The van der Waals surface area contributed by atoms with E-state index in [-0.39, 0.29) is 0 Å². The number of furan rings is 1. The summed E-state index contributed by atoms with van der Waals surface area (Å²) < 4.78 is 11.4. The van der Waals surface area contributed by atoms with Crippen molar-refractivity contribution in [3.8, 4) is 5.69 Å². The fourth-order valence-electron chi connectivity index (χ4n) is 4.55. The molecule has 7 rings (SSSR count). The topological polar surface area (TPSA) is 18.1 Å². The summed E-state index contributed by atoms with van der Waals surface area (Å²) in [7, 11) is 0. The summed E-state index contributed by atoms with van der Waals surface area (Å²) in [6.07, 6.45) is 0. The number of rotatable bonds is 1. The molecule has 4 aromatic carbocycles. The molecule has 3 aromatic heterocycles. The van der Waals surface area contributed by atoms with Gasteiger partial charge in [-0.05, 0) is 0 Å². The molecule has 0 saturated carbocycles. The van der Waals surface area contributed by atoms with Crippen molar-refractivity contribution in [1.29, 1.82) is 0 Å². The van der Waals surface area contributed by atoms with Crippen LogP contribution in [0.25, 0.3) is 58.0 Å². The van der Waals surface area contributed by atoms with Crippen molar-refractivity contribution >= 4 is 66.8 Å². The number of benzene rings is 4. The molecule has 0 aliphatic heterocycles. The third-order valence-electron chi connectivity index (χ3n) is 5.81. The average Bonchev–Trinajstić information content (AvgIpc) is 3.41. The normalized spacial score (nSPS) is 12.1. The second kappa shape index (κ2) is 5.64. The van der Waals surface area contributed by atoms with E-state index in [0.717, 1.165) is 11.2 Å². The molecule has 0 unspecified atom stereocenters. The fourth-order valence-corrected chi connectivity index (χ4v) is 7.18.